The van der Waals surface area contributed by atoms with Crippen LogP contribution < -0.4 is 10.6 Å². The van der Waals surface area contributed by atoms with E-state index >= 15 is 0 Å². The number of hydrogen-bond acceptors (Lipinski definition) is 5. The number of amides is 1. The molecule has 2 N–H and O–H groups in total. The lowest BCUT2D eigenvalue weighted by Gasteiger charge is -2.16. The van der Waals surface area contributed by atoms with Crippen molar-refractivity contribution in [1.29, 1.82) is 0 Å². The van der Waals surface area contributed by atoms with Gasteiger partial charge in [-0.3, -0.25) is 4.79 Å². The molecule has 0 atom stereocenters. The summed E-state index contributed by atoms with van der Waals surface area (Å²) in [5.74, 6) is 0.879. The van der Waals surface area contributed by atoms with Crippen LogP contribution in [-0.2, 0) is 4.79 Å². The van der Waals surface area contributed by atoms with Crippen molar-refractivity contribution >= 4 is 11.6 Å². The molecule has 2 saturated carbocycles. The first-order valence-corrected chi connectivity index (χ1v) is 9.71. The summed E-state index contributed by atoms with van der Waals surface area (Å²) < 4.78 is 1.91. The van der Waals surface area contributed by atoms with E-state index in [1.807, 2.05) is 28.9 Å². The average molecular weight is 354 g/mol. The maximum absolute atomic E-state index is 12.2. The van der Waals surface area contributed by atoms with E-state index in [1.165, 1.54) is 25.7 Å². The van der Waals surface area contributed by atoms with E-state index in [2.05, 4.69) is 26.2 Å². The number of rotatable bonds is 6. The minimum Gasteiger partial charge on any atom is -0.376 e. The molecule has 138 valence electrons. The standard InChI is InChI=1S/C19H26N6O/c26-18(21-16-5-3-1-2-4-6-16)13-20-15-9-7-14(8-10-15)19-22-23-24-25(19)17-11-12-17/h7-10,16-17,20H,1-6,11-13H2,(H,21,26). The molecule has 0 unspecified atom stereocenters. The van der Waals surface area contributed by atoms with Crippen LogP contribution in [0.1, 0.15) is 57.4 Å². The third kappa shape index (κ3) is 4.20. The number of nitrogens with one attached hydrogen (secondary N) is 2. The van der Waals surface area contributed by atoms with Crippen LogP contribution in [0.5, 0.6) is 0 Å². The summed E-state index contributed by atoms with van der Waals surface area (Å²) in [6.07, 6.45) is 9.54. The smallest absolute Gasteiger partial charge is 0.239 e. The van der Waals surface area contributed by atoms with E-state index in [-0.39, 0.29) is 5.91 Å². The lowest BCUT2D eigenvalue weighted by molar-refractivity contribution is -0.120. The predicted molar refractivity (Wildman–Crippen MR) is 99.6 cm³/mol. The van der Waals surface area contributed by atoms with Crippen LogP contribution in [0.15, 0.2) is 24.3 Å². The minimum atomic E-state index is 0.0682. The van der Waals surface area contributed by atoms with Crippen LogP contribution in [0.25, 0.3) is 11.4 Å². The molecule has 1 amide bonds. The Kier molecular flexibility index (Phi) is 5.13. The molecule has 4 rings (SSSR count). The molecule has 2 fully saturated rings. The number of hydrogen-bond donors (Lipinski definition) is 2. The van der Waals surface area contributed by atoms with E-state index in [0.717, 1.165) is 42.8 Å². The fraction of sp³-hybridized carbons (Fsp3) is 0.579. The Bertz CT molecular complexity index is 729. The van der Waals surface area contributed by atoms with E-state index in [4.69, 9.17) is 0 Å². The summed E-state index contributed by atoms with van der Waals surface area (Å²) in [6.45, 7) is 0.301. The molecule has 0 spiro atoms. The first-order chi connectivity index (χ1) is 12.8. The van der Waals surface area contributed by atoms with Gasteiger partial charge in [-0.2, -0.15) is 0 Å². The van der Waals surface area contributed by atoms with Gasteiger partial charge < -0.3 is 10.6 Å². The molecular weight excluding hydrogens is 328 g/mol. The average Bonchev–Trinajstić information content (AvgIpc) is 3.44. The zero-order valence-electron chi connectivity index (χ0n) is 15.0. The zero-order valence-corrected chi connectivity index (χ0v) is 15.0. The molecule has 2 aromatic rings. The molecule has 2 aliphatic rings. The fourth-order valence-electron chi connectivity index (χ4n) is 3.57. The molecule has 0 aliphatic heterocycles. The van der Waals surface area contributed by atoms with Gasteiger partial charge in [-0.15, -0.1) is 5.10 Å². The lowest BCUT2D eigenvalue weighted by atomic mass is 10.1. The number of aromatic nitrogens is 4. The summed E-state index contributed by atoms with van der Waals surface area (Å²) >= 11 is 0. The minimum absolute atomic E-state index is 0.0682. The van der Waals surface area contributed by atoms with Crippen LogP contribution in [-0.4, -0.2) is 38.7 Å². The summed E-state index contributed by atoms with van der Waals surface area (Å²) in [4.78, 5) is 12.2. The predicted octanol–water partition coefficient (Wildman–Crippen LogP) is 2.93. The van der Waals surface area contributed by atoms with Crippen molar-refractivity contribution < 1.29 is 4.79 Å². The largest absolute Gasteiger partial charge is 0.376 e. The molecule has 0 saturated heterocycles. The van der Waals surface area contributed by atoms with E-state index in [1.54, 1.807) is 0 Å². The van der Waals surface area contributed by atoms with Crippen LogP contribution in [0, 0.1) is 0 Å². The van der Waals surface area contributed by atoms with E-state index < -0.39 is 0 Å². The van der Waals surface area contributed by atoms with Crippen LogP contribution >= 0.6 is 0 Å². The SMILES string of the molecule is O=C(CNc1ccc(-c2nnnn2C2CC2)cc1)NC1CCCCCC1. The molecule has 1 aromatic carbocycles. The highest BCUT2D eigenvalue weighted by Gasteiger charge is 2.28. The number of benzene rings is 1. The summed E-state index contributed by atoms with van der Waals surface area (Å²) in [5, 5.41) is 18.4. The van der Waals surface area contributed by atoms with Gasteiger partial charge in [-0.05, 0) is 60.4 Å². The Hall–Kier alpha value is -2.44. The second-order valence-electron chi connectivity index (χ2n) is 7.37. The topological polar surface area (TPSA) is 84.7 Å². The Morgan fingerprint density at radius 3 is 2.46 bits per heavy atom. The molecule has 26 heavy (non-hydrogen) atoms. The van der Waals surface area contributed by atoms with Crippen LogP contribution in [0.4, 0.5) is 5.69 Å². The molecular formula is C19H26N6O. The second kappa shape index (κ2) is 7.85. The normalized spacial score (nSPS) is 18.3. The number of anilines is 1. The number of carbonyl (C=O) groups excluding carboxylic acids is 1. The van der Waals surface area contributed by atoms with Crippen molar-refractivity contribution in [3.05, 3.63) is 24.3 Å². The second-order valence-corrected chi connectivity index (χ2v) is 7.37. The molecule has 0 bridgehead atoms. The summed E-state index contributed by atoms with van der Waals surface area (Å²) in [5.41, 5.74) is 1.92. The van der Waals surface area contributed by atoms with Crippen molar-refractivity contribution in [2.75, 3.05) is 11.9 Å². The first kappa shape index (κ1) is 17.0. The maximum Gasteiger partial charge on any atom is 0.239 e. The Morgan fingerprint density at radius 1 is 1.04 bits per heavy atom. The summed E-state index contributed by atoms with van der Waals surface area (Å²) in [7, 11) is 0. The van der Waals surface area contributed by atoms with E-state index in [9.17, 15) is 4.79 Å². The van der Waals surface area contributed by atoms with Crippen molar-refractivity contribution in [3.8, 4) is 11.4 Å². The molecule has 7 nitrogen and oxygen atoms in total. The zero-order chi connectivity index (χ0) is 17.8. The molecule has 1 aromatic heterocycles. The van der Waals surface area contributed by atoms with Gasteiger partial charge in [-0.1, -0.05) is 25.7 Å². The van der Waals surface area contributed by atoms with Gasteiger partial charge in [0.25, 0.3) is 0 Å². The first-order valence-electron chi connectivity index (χ1n) is 9.71. The van der Waals surface area contributed by atoms with Crippen molar-refractivity contribution in [2.24, 2.45) is 0 Å². The monoisotopic (exact) mass is 354 g/mol. The fourth-order valence-corrected chi connectivity index (χ4v) is 3.57. The Morgan fingerprint density at radius 2 is 1.77 bits per heavy atom. The molecule has 1 heterocycles. The van der Waals surface area contributed by atoms with Crippen LogP contribution in [0.3, 0.4) is 0 Å². The molecule has 2 aliphatic carbocycles. The summed E-state index contributed by atoms with van der Waals surface area (Å²) in [6, 6.07) is 8.73. The third-order valence-electron chi connectivity index (χ3n) is 5.20. The van der Waals surface area contributed by atoms with Gasteiger partial charge in [0.2, 0.25) is 5.91 Å². The van der Waals surface area contributed by atoms with Crippen molar-refractivity contribution in [1.82, 2.24) is 25.5 Å². The Labute approximate surface area is 153 Å². The highest BCUT2D eigenvalue weighted by Crippen LogP contribution is 2.36. The van der Waals surface area contributed by atoms with Gasteiger partial charge >= 0.3 is 0 Å². The number of nitrogens with zero attached hydrogens (tertiary/aromatic N) is 4. The van der Waals surface area contributed by atoms with Crippen LogP contribution in [0.2, 0.25) is 0 Å². The molecule has 7 heteroatoms. The van der Waals surface area contributed by atoms with Gasteiger partial charge in [0.15, 0.2) is 5.82 Å². The Balaban J connectivity index is 1.30. The number of carbonyl (C=O) groups is 1. The molecule has 0 radical (unpaired) electrons. The van der Waals surface area contributed by atoms with Gasteiger partial charge in [0.05, 0.1) is 12.6 Å². The quantitative estimate of drug-likeness (QED) is 0.779. The third-order valence-corrected chi connectivity index (χ3v) is 5.20. The van der Waals surface area contributed by atoms with Gasteiger partial charge in [0.1, 0.15) is 0 Å². The van der Waals surface area contributed by atoms with Gasteiger partial charge in [-0.25, -0.2) is 4.68 Å². The van der Waals surface area contributed by atoms with Crippen molar-refractivity contribution in [2.45, 2.75) is 63.5 Å². The van der Waals surface area contributed by atoms with Gasteiger partial charge in [0, 0.05) is 17.3 Å². The highest BCUT2D eigenvalue weighted by molar-refractivity contribution is 5.81. The highest BCUT2D eigenvalue weighted by atomic mass is 16.1. The van der Waals surface area contributed by atoms with Crippen molar-refractivity contribution in [3.63, 3.8) is 0 Å². The number of tetrazole rings is 1. The lowest BCUT2D eigenvalue weighted by Crippen LogP contribution is -2.38. The van der Waals surface area contributed by atoms with E-state index in [0.29, 0.717) is 18.6 Å². The maximum atomic E-state index is 12.2.